The molecule has 1 atom stereocenters. The van der Waals surface area contributed by atoms with Gasteiger partial charge in [0.25, 0.3) is 0 Å². The number of thiazole rings is 1. The van der Waals surface area contributed by atoms with Crippen LogP contribution in [0.1, 0.15) is 58.5 Å². The van der Waals surface area contributed by atoms with Crippen LogP contribution in [0.5, 0.6) is 0 Å². The van der Waals surface area contributed by atoms with Crippen LogP contribution in [0.25, 0.3) is 15.9 Å². The number of allylic oxidation sites excluding steroid dienone is 1. The Bertz CT molecular complexity index is 893. The molecular weight excluding hydrogens is 382 g/mol. The maximum Gasteiger partial charge on any atom is 0.414 e. The summed E-state index contributed by atoms with van der Waals surface area (Å²) in [4.78, 5) is 21.9. The van der Waals surface area contributed by atoms with Crippen molar-refractivity contribution in [2.24, 2.45) is 5.92 Å². The van der Waals surface area contributed by atoms with Gasteiger partial charge in [-0.3, -0.25) is 9.80 Å². The number of nitrogens with zero attached hydrogens (tertiary/aromatic N) is 3. The first kappa shape index (κ1) is 21.8. The van der Waals surface area contributed by atoms with Crippen molar-refractivity contribution < 1.29 is 9.53 Å². The number of benzene rings is 1. The molecule has 0 saturated heterocycles. The van der Waals surface area contributed by atoms with Crippen molar-refractivity contribution in [3.05, 3.63) is 34.8 Å². The Hall–Kier alpha value is -1.92. The fourth-order valence-electron chi connectivity index (χ4n) is 3.51. The Kier molecular flexibility index (Phi) is 6.64. The SMILES string of the molecule is CCN(CC)Cc1nc2cc(C3=CC[C@H](C)CN3C(=O)OC(C)(C)C)ccc2s1. The molecule has 0 fully saturated rings. The summed E-state index contributed by atoms with van der Waals surface area (Å²) in [6, 6.07) is 6.33. The number of hydrogen-bond donors (Lipinski definition) is 0. The van der Waals surface area contributed by atoms with Crippen LogP contribution in [-0.2, 0) is 11.3 Å². The van der Waals surface area contributed by atoms with Crippen LogP contribution in [0.3, 0.4) is 0 Å². The number of carbonyl (C=O) groups is 1. The van der Waals surface area contributed by atoms with Gasteiger partial charge in [0.05, 0.1) is 22.5 Å². The Balaban J connectivity index is 1.89. The van der Waals surface area contributed by atoms with E-state index in [4.69, 9.17) is 9.72 Å². The lowest BCUT2D eigenvalue weighted by atomic mass is 9.98. The lowest BCUT2D eigenvalue weighted by Crippen LogP contribution is -2.39. The molecule has 0 bridgehead atoms. The van der Waals surface area contributed by atoms with Gasteiger partial charge < -0.3 is 4.74 Å². The van der Waals surface area contributed by atoms with Crippen molar-refractivity contribution in [3.8, 4) is 0 Å². The van der Waals surface area contributed by atoms with Crippen LogP contribution in [0.4, 0.5) is 4.79 Å². The van der Waals surface area contributed by atoms with Gasteiger partial charge >= 0.3 is 6.09 Å². The Morgan fingerprint density at radius 3 is 2.69 bits per heavy atom. The summed E-state index contributed by atoms with van der Waals surface area (Å²) >= 11 is 1.75. The number of carbonyl (C=O) groups excluding carboxylic acids is 1. The molecule has 5 nitrogen and oxygen atoms in total. The van der Waals surface area contributed by atoms with Crippen molar-refractivity contribution in [2.75, 3.05) is 19.6 Å². The van der Waals surface area contributed by atoms with Crippen molar-refractivity contribution >= 4 is 33.3 Å². The molecule has 3 rings (SSSR count). The lowest BCUT2D eigenvalue weighted by molar-refractivity contribution is 0.0327. The third-order valence-electron chi connectivity index (χ3n) is 5.09. The highest BCUT2D eigenvalue weighted by atomic mass is 32.1. The highest BCUT2D eigenvalue weighted by Gasteiger charge is 2.29. The number of aromatic nitrogens is 1. The van der Waals surface area contributed by atoms with Gasteiger partial charge in [-0.25, -0.2) is 9.78 Å². The first-order valence-electron chi connectivity index (χ1n) is 10.5. The molecule has 1 aromatic heterocycles. The van der Waals surface area contributed by atoms with E-state index in [0.29, 0.717) is 12.5 Å². The van der Waals surface area contributed by atoms with Crippen LogP contribution >= 0.6 is 11.3 Å². The number of fused-ring (bicyclic) bond motifs is 1. The zero-order valence-electron chi connectivity index (χ0n) is 18.5. The summed E-state index contributed by atoms with van der Waals surface area (Å²) in [6.07, 6.45) is 2.83. The van der Waals surface area contributed by atoms with Gasteiger partial charge in [-0.2, -0.15) is 0 Å². The first-order chi connectivity index (χ1) is 13.7. The summed E-state index contributed by atoms with van der Waals surface area (Å²) in [7, 11) is 0. The zero-order chi connectivity index (χ0) is 21.2. The average molecular weight is 416 g/mol. The number of ether oxygens (including phenoxy) is 1. The molecule has 2 aromatic rings. The largest absolute Gasteiger partial charge is 0.443 e. The molecule has 0 saturated carbocycles. The van der Waals surface area contributed by atoms with E-state index in [2.05, 4.69) is 49.9 Å². The molecule has 29 heavy (non-hydrogen) atoms. The summed E-state index contributed by atoms with van der Waals surface area (Å²) in [5.41, 5.74) is 2.44. The van der Waals surface area contributed by atoms with E-state index in [9.17, 15) is 4.79 Å². The summed E-state index contributed by atoms with van der Waals surface area (Å²) in [5.74, 6) is 0.412. The number of hydrogen-bond acceptors (Lipinski definition) is 5. The molecule has 1 amide bonds. The third kappa shape index (κ3) is 5.37. The summed E-state index contributed by atoms with van der Waals surface area (Å²) < 4.78 is 6.85. The van der Waals surface area contributed by atoms with Crippen LogP contribution in [0.15, 0.2) is 24.3 Å². The molecule has 2 heterocycles. The molecule has 6 heteroatoms. The second-order valence-corrected chi connectivity index (χ2v) is 9.89. The van der Waals surface area contributed by atoms with E-state index < -0.39 is 5.60 Å². The fraction of sp³-hybridized carbons (Fsp3) is 0.565. The van der Waals surface area contributed by atoms with Gasteiger partial charge in [0.15, 0.2) is 0 Å². The lowest BCUT2D eigenvalue weighted by Gasteiger charge is -2.33. The predicted molar refractivity (Wildman–Crippen MR) is 121 cm³/mol. The highest BCUT2D eigenvalue weighted by molar-refractivity contribution is 7.18. The van der Waals surface area contributed by atoms with E-state index in [-0.39, 0.29) is 6.09 Å². The van der Waals surface area contributed by atoms with Gasteiger partial charge in [-0.05, 0) is 58.3 Å². The predicted octanol–water partition coefficient (Wildman–Crippen LogP) is 5.76. The van der Waals surface area contributed by atoms with Crippen molar-refractivity contribution in [1.82, 2.24) is 14.8 Å². The maximum atomic E-state index is 12.8. The topological polar surface area (TPSA) is 45.7 Å². The van der Waals surface area contributed by atoms with Gasteiger partial charge in [0, 0.05) is 12.1 Å². The van der Waals surface area contributed by atoms with Gasteiger partial charge in [0.2, 0.25) is 0 Å². The fourth-order valence-corrected chi connectivity index (χ4v) is 4.50. The smallest absolute Gasteiger partial charge is 0.414 e. The van der Waals surface area contributed by atoms with Gasteiger partial charge in [0.1, 0.15) is 10.6 Å². The minimum atomic E-state index is -0.513. The Morgan fingerprint density at radius 2 is 2.03 bits per heavy atom. The van der Waals surface area contributed by atoms with Crippen LogP contribution in [-0.4, -0.2) is 46.1 Å². The normalized spacial score (nSPS) is 17.7. The Labute approximate surface area is 178 Å². The number of amides is 1. The van der Waals surface area contributed by atoms with E-state index in [1.54, 1.807) is 16.2 Å². The van der Waals surface area contributed by atoms with E-state index in [1.807, 2.05) is 20.8 Å². The Morgan fingerprint density at radius 1 is 1.31 bits per heavy atom. The maximum absolute atomic E-state index is 12.8. The highest BCUT2D eigenvalue weighted by Crippen LogP contribution is 2.32. The standard InChI is InChI=1S/C23H33N3O2S/c1-7-25(8-2)15-21-24-18-13-17(10-12-20(18)29-21)19-11-9-16(3)14-26(19)22(27)28-23(4,5)6/h10-13,16H,7-9,14-15H2,1-6H3/t16-/m0/s1. The molecule has 0 aliphatic carbocycles. The second kappa shape index (κ2) is 8.84. The van der Waals surface area contributed by atoms with Crippen LogP contribution < -0.4 is 0 Å². The molecular formula is C23H33N3O2S. The van der Waals surface area contributed by atoms with Crippen molar-refractivity contribution in [3.63, 3.8) is 0 Å². The summed E-state index contributed by atoms with van der Waals surface area (Å²) in [6.45, 7) is 15.8. The van der Waals surface area contributed by atoms with Gasteiger partial charge in [-0.1, -0.05) is 32.9 Å². The molecule has 1 aliphatic rings. The zero-order valence-corrected chi connectivity index (χ0v) is 19.3. The van der Waals surface area contributed by atoms with Crippen LogP contribution in [0.2, 0.25) is 0 Å². The van der Waals surface area contributed by atoms with Crippen LogP contribution in [0, 0.1) is 5.92 Å². The molecule has 0 unspecified atom stereocenters. The van der Waals surface area contributed by atoms with Crippen molar-refractivity contribution in [1.29, 1.82) is 0 Å². The van der Waals surface area contributed by atoms with E-state index in [1.165, 1.54) is 4.70 Å². The third-order valence-corrected chi connectivity index (χ3v) is 6.11. The minimum absolute atomic E-state index is 0.282. The molecule has 158 valence electrons. The molecule has 0 radical (unpaired) electrons. The second-order valence-electron chi connectivity index (χ2n) is 8.77. The quantitative estimate of drug-likeness (QED) is 0.623. The van der Waals surface area contributed by atoms with E-state index in [0.717, 1.165) is 47.8 Å². The minimum Gasteiger partial charge on any atom is -0.443 e. The molecule has 1 aromatic carbocycles. The summed E-state index contributed by atoms with van der Waals surface area (Å²) in [5, 5.41) is 1.14. The first-order valence-corrected chi connectivity index (χ1v) is 11.3. The average Bonchev–Trinajstić information content (AvgIpc) is 3.06. The van der Waals surface area contributed by atoms with Crippen molar-refractivity contribution in [2.45, 2.75) is 60.1 Å². The molecule has 0 spiro atoms. The van der Waals surface area contributed by atoms with Gasteiger partial charge in [-0.15, -0.1) is 11.3 Å². The number of rotatable bonds is 5. The monoisotopic (exact) mass is 415 g/mol. The molecule has 0 N–H and O–H groups in total. The van der Waals surface area contributed by atoms with E-state index >= 15 is 0 Å². The molecule has 1 aliphatic heterocycles.